The molecule has 3 rings (SSSR count). The maximum absolute atomic E-state index is 12.3. The van der Waals surface area contributed by atoms with E-state index in [2.05, 4.69) is 16.4 Å². The van der Waals surface area contributed by atoms with Crippen molar-refractivity contribution in [2.75, 3.05) is 6.54 Å². The third-order valence-corrected chi connectivity index (χ3v) is 4.15. The van der Waals surface area contributed by atoms with Gasteiger partial charge in [0.25, 0.3) is 5.91 Å². The number of para-hydroxylation sites is 1. The first-order valence-corrected chi connectivity index (χ1v) is 7.82. The monoisotopic (exact) mass is 296 g/mol. The Bertz CT molecular complexity index is 774. The maximum Gasteiger partial charge on any atom is 0.256 e. The maximum atomic E-state index is 12.3. The minimum absolute atomic E-state index is 0.177. The summed E-state index contributed by atoms with van der Waals surface area (Å²) in [5.74, 6) is -0.302. The van der Waals surface area contributed by atoms with Gasteiger partial charge in [-0.1, -0.05) is 23.8 Å². The first-order chi connectivity index (χ1) is 10.8. The zero-order chi connectivity index (χ0) is 15.4. The molecule has 1 amide bonds. The van der Waals surface area contributed by atoms with Crippen LogP contribution in [0.1, 0.15) is 42.5 Å². The summed E-state index contributed by atoms with van der Waals surface area (Å²) in [7, 11) is 0. The van der Waals surface area contributed by atoms with Crippen molar-refractivity contribution < 1.29 is 4.79 Å². The average molecular weight is 296 g/mol. The van der Waals surface area contributed by atoms with Crippen LogP contribution in [0.4, 0.5) is 0 Å². The van der Waals surface area contributed by atoms with E-state index in [1.54, 1.807) is 12.1 Å². The molecule has 0 saturated carbocycles. The van der Waals surface area contributed by atoms with E-state index in [1.807, 2.05) is 12.1 Å². The number of amides is 1. The lowest BCUT2D eigenvalue weighted by Gasteiger charge is -2.12. The van der Waals surface area contributed by atoms with Gasteiger partial charge in [-0.3, -0.25) is 9.59 Å². The highest BCUT2D eigenvalue weighted by Crippen LogP contribution is 2.19. The third kappa shape index (κ3) is 3.11. The lowest BCUT2D eigenvalue weighted by atomic mass is 9.97. The first-order valence-electron chi connectivity index (χ1n) is 7.82. The van der Waals surface area contributed by atoms with Crippen molar-refractivity contribution in [3.8, 4) is 0 Å². The predicted molar refractivity (Wildman–Crippen MR) is 88.1 cm³/mol. The zero-order valence-corrected chi connectivity index (χ0v) is 12.5. The van der Waals surface area contributed by atoms with Crippen molar-refractivity contribution in [1.82, 2.24) is 10.3 Å². The van der Waals surface area contributed by atoms with Crippen LogP contribution in [0, 0.1) is 0 Å². The van der Waals surface area contributed by atoms with Crippen LogP contribution < -0.4 is 10.7 Å². The fourth-order valence-electron chi connectivity index (χ4n) is 2.90. The molecule has 0 atom stereocenters. The summed E-state index contributed by atoms with van der Waals surface area (Å²) in [6.07, 6.45) is 9.43. The predicted octanol–water partition coefficient (Wildman–Crippen LogP) is 3.15. The van der Waals surface area contributed by atoms with Crippen LogP contribution >= 0.6 is 0 Å². The van der Waals surface area contributed by atoms with Crippen molar-refractivity contribution in [3.05, 3.63) is 57.9 Å². The molecule has 0 spiro atoms. The van der Waals surface area contributed by atoms with Crippen LogP contribution in [0.25, 0.3) is 10.9 Å². The van der Waals surface area contributed by atoms with Crippen molar-refractivity contribution in [3.63, 3.8) is 0 Å². The summed E-state index contributed by atoms with van der Waals surface area (Å²) in [4.78, 5) is 27.6. The van der Waals surface area contributed by atoms with Crippen molar-refractivity contribution in [1.29, 1.82) is 0 Å². The molecular weight excluding hydrogens is 276 g/mol. The average Bonchev–Trinajstić information content (AvgIpc) is 2.56. The Balaban J connectivity index is 1.68. The van der Waals surface area contributed by atoms with E-state index in [4.69, 9.17) is 0 Å². The number of hydrogen-bond donors (Lipinski definition) is 2. The van der Waals surface area contributed by atoms with Gasteiger partial charge in [0.2, 0.25) is 5.43 Å². The molecule has 1 heterocycles. The number of pyridine rings is 1. The molecule has 0 radical (unpaired) electrons. The number of H-pyrrole nitrogens is 1. The Hall–Kier alpha value is -2.36. The Morgan fingerprint density at radius 1 is 1.23 bits per heavy atom. The number of allylic oxidation sites excluding steroid dienone is 1. The van der Waals surface area contributed by atoms with E-state index in [0.717, 1.165) is 24.8 Å². The van der Waals surface area contributed by atoms with Gasteiger partial charge in [-0.15, -0.1) is 0 Å². The summed E-state index contributed by atoms with van der Waals surface area (Å²) in [5.41, 5.74) is 2.12. The van der Waals surface area contributed by atoms with Crippen molar-refractivity contribution >= 4 is 16.8 Å². The van der Waals surface area contributed by atoms with Gasteiger partial charge in [0.1, 0.15) is 5.56 Å². The molecule has 1 aromatic carbocycles. The number of nitrogens with one attached hydrogen (secondary N) is 2. The third-order valence-electron chi connectivity index (χ3n) is 4.15. The number of carbonyl (C=O) groups excluding carboxylic acids is 1. The fraction of sp³-hybridized carbons (Fsp3) is 0.333. The van der Waals surface area contributed by atoms with E-state index < -0.39 is 0 Å². The highest BCUT2D eigenvalue weighted by atomic mass is 16.2. The smallest absolute Gasteiger partial charge is 0.256 e. The molecule has 1 aromatic heterocycles. The lowest BCUT2D eigenvalue weighted by molar-refractivity contribution is 0.0953. The van der Waals surface area contributed by atoms with Crippen LogP contribution in [0.2, 0.25) is 0 Å². The van der Waals surface area contributed by atoms with Crippen LogP contribution in [-0.4, -0.2) is 17.4 Å². The molecule has 0 bridgehead atoms. The molecule has 0 fully saturated rings. The van der Waals surface area contributed by atoms with Crippen LogP contribution in [0.3, 0.4) is 0 Å². The lowest BCUT2D eigenvalue weighted by Crippen LogP contribution is -2.29. The number of aromatic amines is 1. The van der Waals surface area contributed by atoms with Crippen molar-refractivity contribution in [2.45, 2.75) is 32.1 Å². The Morgan fingerprint density at radius 3 is 2.91 bits per heavy atom. The number of fused-ring (bicyclic) bond motifs is 1. The van der Waals surface area contributed by atoms with E-state index in [-0.39, 0.29) is 16.9 Å². The number of hydrogen-bond acceptors (Lipinski definition) is 2. The minimum Gasteiger partial charge on any atom is -0.360 e. The summed E-state index contributed by atoms with van der Waals surface area (Å²) >= 11 is 0. The van der Waals surface area contributed by atoms with Crippen LogP contribution in [0.15, 0.2) is 46.9 Å². The van der Waals surface area contributed by atoms with Gasteiger partial charge >= 0.3 is 0 Å². The summed E-state index contributed by atoms with van der Waals surface area (Å²) in [6, 6.07) is 7.22. The van der Waals surface area contributed by atoms with Crippen LogP contribution in [0.5, 0.6) is 0 Å². The van der Waals surface area contributed by atoms with Gasteiger partial charge in [-0.25, -0.2) is 0 Å². The normalized spacial score (nSPS) is 14.6. The van der Waals surface area contributed by atoms with E-state index in [1.165, 1.54) is 24.6 Å². The Morgan fingerprint density at radius 2 is 2.09 bits per heavy atom. The van der Waals surface area contributed by atoms with Gasteiger partial charge < -0.3 is 10.3 Å². The van der Waals surface area contributed by atoms with E-state index in [9.17, 15) is 9.59 Å². The number of aromatic nitrogens is 1. The molecule has 22 heavy (non-hydrogen) atoms. The second-order valence-corrected chi connectivity index (χ2v) is 5.69. The SMILES string of the molecule is O=C(NCCC1=CCCCC1)c1c[nH]c2ccccc2c1=O. The van der Waals surface area contributed by atoms with Gasteiger partial charge in [0, 0.05) is 23.6 Å². The van der Waals surface area contributed by atoms with Gasteiger partial charge in [0.05, 0.1) is 0 Å². The molecule has 4 heteroatoms. The highest BCUT2D eigenvalue weighted by Gasteiger charge is 2.12. The number of benzene rings is 1. The summed E-state index contributed by atoms with van der Waals surface area (Å²) in [6.45, 7) is 0.580. The molecule has 4 nitrogen and oxygen atoms in total. The van der Waals surface area contributed by atoms with E-state index in [0.29, 0.717) is 11.9 Å². The molecule has 2 aromatic rings. The topological polar surface area (TPSA) is 62.0 Å². The highest BCUT2D eigenvalue weighted by molar-refractivity contribution is 5.97. The zero-order valence-electron chi connectivity index (χ0n) is 12.5. The second-order valence-electron chi connectivity index (χ2n) is 5.69. The van der Waals surface area contributed by atoms with Gasteiger partial charge in [0.15, 0.2) is 0 Å². The molecule has 114 valence electrons. The Labute approximate surface area is 129 Å². The largest absolute Gasteiger partial charge is 0.360 e. The molecule has 0 unspecified atom stereocenters. The molecule has 0 saturated heterocycles. The molecule has 0 aliphatic heterocycles. The van der Waals surface area contributed by atoms with E-state index >= 15 is 0 Å². The molecule has 2 N–H and O–H groups in total. The number of carbonyl (C=O) groups is 1. The Kier molecular flexibility index (Phi) is 4.37. The summed E-state index contributed by atoms with van der Waals surface area (Å²) in [5, 5.41) is 3.40. The van der Waals surface area contributed by atoms with Gasteiger partial charge in [-0.05, 0) is 44.2 Å². The molecule has 1 aliphatic carbocycles. The quantitative estimate of drug-likeness (QED) is 0.851. The first kappa shape index (κ1) is 14.6. The summed E-state index contributed by atoms with van der Waals surface area (Å²) < 4.78 is 0. The number of rotatable bonds is 4. The standard InChI is InChI=1S/C18H20N2O2/c21-17-14-8-4-5-9-16(14)20-12-15(17)18(22)19-11-10-13-6-2-1-3-7-13/h4-6,8-9,12H,1-3,7,10-11H2,(H,19,22)(H,20,21). The van der Waals surface area contributed by atoms with Gasteiger partial charge in [-0.2, -0.15) is 0 Å². The molecule has 1 aliphatic rings. The second kappa shape index (κ2) is 6.60. The minimum atomic E-state index is -0.302. The molecular formula is C18H20N2O2. The fourth-order valence-corrected chi connectivity index (χ4v) is 2.90. The van der Waals surface area contributed by atoms with Crippen molar-refractivity contribution in [2.24, 2.45) is 0 Å². The van der Waals surface area contributed by atoms with Crippen LogP contribution in [-0.2, 0) is 0 Å².